The van der Waals surface area contributed by atoms with Gasteiger partial charge in [0.1, 0.15) is 11.6 Å². The zero-order chi connectivity index (χ0) is 25.5. The minimum absolute atomic E-state index is 0.108. The van der Waals surface area contributed by atoms with E-state index < -0.39 is 23.0 Å². The SMILES string of the molecule is CC(C)=CCC(=O)C1(C)CCCC(=CCCC=C2CCCC(C)(C(=O)CC=C(C)C)C2O)C1O. The van der Waals surface area contributed by atoms with Crippen LogP contribution in [0.2, 0.25) is 0 Å². The first-order valence-electron chi connectivity index (χ1n) is 13.0. The van der Waals surface area contributed by atoms with Crippen molar-refractivity contribution in [2.45, 2.75) is 118 Å². The fourth-order valence-electron chi connectivity index (χ4n) is 5.29. The van der Waals surface area contributed by atoms with Gasteiger partial charge in [-0.1, -0.05) is 35.5 Å². The number of rotatable bonds is 9. The Labute approximate surface area is 206 Å². The largest absolute Gasteiger partial charge is 0.388 e. The fraction of sp³-hybridized carbons (Fsp3) is 0.667. The number of aliphatic hydroxyl groups is 2. The predicted molar refractivity (Wildman–Crippen MR) is 139 cm³/mol. The summed E-state index contributed by atoms with van der Waals surface area (Å²) in [5.74, 6) is 0.215. The number of hydrogen-bond acceptors (Lipinski definition) is 4. The quantitative estimate of drug-likeness (QED) is 0.295. The zero-order valence-corrected chi connectivity index (χ0v) is 22.2. The summed E-state index contributed by atoms with van der Waals surface area (Å²) in [7, 11) is 0. The normalized spacial score (nSPS) is 31.9. The lowest BCUT2D eigenvalue weighted by atomic mass is 9.67. The maximum atomic E-state index is 12.9. The average molecular weight is 471 g/mol. The molecule has 2 N–H and O–H groups in total. The van der Waals surface area contributed by atoms with Gasteiger partial charge in [0.05, 0.1) is 23.0 Å². The van der Waals surface area contributed by atoms with Crippen LogP contribution >= 0.6 is 0 Å². The van der Waals surface area contributed by atoms with Crippen LogP contribution < -0.4 is 0 Å². The molecule has 0 heterocycles. The Morgan fingerprint density at radius 1 is 0.765 bits per heavy atom. The Bertz CT molecular complexity index is 794. The van der Waals surface area contributed by atoms with E-state index in [2.05, 4.69) is 12.2 Å². The summed E-state index contributed by atoms with van der Waals surface area (Å²) in [5.41, 5.74) is 2.71. The van der Waals surface area contributed by atoms with Gasteiger partial charge in [0.25, 0.3) is 0 Å². The van der Waals surface area contributed by atoms with Crippen LogP contribution in [0, 0.1) is 10.8 Å². The highest BCUT2D eigenvalue weighted by Gasteiger charge is 2.44. The van der Waals surface area contributed by atoms with Gasteiger partial charge in [0.2, 0.25) is 0 Å². The number of hydrogen-bond donors (Lipinski definition) is 2. The summed E-state index contributed by atoms with van der Waals surface area (Å²) in [4.78, 5) is 25.7. The number of aliphatic hydroxyl groups excluding tert-OH is 2. The first-order valence-corrected chi connectivity index (χ1v) is 13.0. The first-order chi connectivity index (χ1) is 15.9. The van der Waals surface area contributed by atoms with Gasteiger partial charge >= 0.3 is 0 Å². The molecule has 0 radical (unpaired) electrons. The molecule has 2 aliphatic carbocycles. The van der Waals surface area contributed by atoms with Gasteiger partial charge in [-0.25, -0.2) is 0 Å². The van der Waals surface area contributed by atoms with Crippen LogP contribution in [-0.4, -0.2) is 34.0 Å². The summed E-state index contributed by atoms with van der Waals surface area (Å²) in [6, 6.07) is 0. The standard InChI is InChI=1S/C30H46O4/c1-21(2)15-17-25(31)29(5)19-9-13-23(27(29)33)11-7-8-12-24-14-10-20-30(6,28(24)34)26(32)18-16-22(3)4/h11-12,15-16,27-28,33-34H,7-10,13-14,17-20H2,1-6H3. The van der Waals surface area contributed by atoms with Crippen LogP contribution in [0.3, 0.4) is 0 Å². The Balaban J connectivity index is 2.03. The Kier molecular flexibility index (Phi) is 10.3. The van der Waals surface area contributed by atoms with Crippen LogP contribution in [-0.2, 0) is 9.59 Å². The number of allylic oxidation sites excluding steroid dienone is 6. The Morgan fingerprint density at radius 2 is 1.12 bits per heavy atom. The van der Waals surface area contributed by atoms with E-state index in [-0.39, 0.29) is 11.6 Å². The second-order valence-corrected chi connectivity index (χ2v) is 11.3. The molecule has 0 amide bonds. The first kappa shape index (κ1) is 28.5. The lowest BCUT2D eigenvalue weighted by molar-refractivity contribution is -0.134. The highest BCUT2D eigenvalue weighted by molar-refractivity contribution is 5.87. The molecule has 34 heavy (non-hydrogen) atoms. The highest BCUT2D eigenvalue weighted by atomic mass is 16.3. The molecule has 0 saturated heterocycles. The summed E-state index contributed by atoms with van der Waals surface area (Å²) >= 11 is 0. The highest BCUT2D eigenvalue weighted by Crippen LogP contribution is 2.42. The van der Waals surface area contributed by atoms with Gasteiger partial charge in [-0.3, -0.25) is 9.59 Å². The van der Waals surface area contributed by atoms with Gasteiger partial charge in [0, 0.05) is 12.8 Å². The van der Waals surface area contributed by atoms with Crippen LogP contribution in [0.4, 0.5) is 0 Å². The van der Waals surface area contributed by atoms with E-state index >= 15 is 0 Å². The van der Waals surface area contributed by atoms with Crippen molar-refractivity contribution >= 4 is 11.6 Å². The van der Waals surface area contributed by atoms with E-state index in [1.807, 2.05) is 53.7 Å². The van der Waals surface area contributed by atoms with Crippen molar-refractivity contribution in [2.24, 2.45) is 10.8 Å². The number of carbonyl (C=O) groups excluding carboxylic acids is 2. The van der Waals surface area contributed by atoms with Crippen molar-refractivity contribution in [3.8, 4) is 0 Å². The van der Waals surface area contributed by atoms with Gasteiger partial charge in [-0.05, 0) is 104 Å². The van der Waals surface area contributed by atoms with Crippen molar-refractivity contribution in [2.75, 3.05) is 0 Å². The molecule has 0 aromatic rings. The molecule has 4 atom stereocenters. The molecule has 2 rings (SSSR count). The van der Waals surface area contributed by atoms with Gasteiger partial charge in [0.15, 0.2) is 0 Å². The van der Waals surface area contributed by atoms with Crippen molar-refractivity contribution in [1.82, 2.24) is 0 Å². The van der Waals surface area contributed by atoms with Crippen LogP contribution in [0.5, 0.6) is 0 Å². The molecule has 2 fully saturated rings. The monoisotopic (exact) mass is 470 g/mol. The molecule has 190 valence electrons. The smallest absolute Gasteiger partial charge is 0.145 e. The molecule has 4 heteroatoms. The molecule has 0 aromatic carbocycles. The van der Waals surface area contributed by atoms with E-state index in [4.69, 9.17) is 0 Å². The minimum Gasteiger partial charge on any atom is -0.388 e. The fourth-order valence-corrected chi connectivity index (χ4v) is 5.29. The molecule has 0 bridgehead atoms. The molecule has 0 aromatic heterocycles. The molecule has 4 unspecified atom stereocenters. The van der Waals surface area contributed by atoms with Crippen LogP contribution in [0.1, 0.15) is 106 Å². The third kappa shape index (κ3) is 6.88. The van der Waals surface area contributed by atoms with Crippen molar-refractivity contribution in [3.63, 3.8) is 0 Å². The summed E-state index contributed by atoms with van der Waals surface area (Å²) < 4.78 is 0. The van der Waals surface area contributed by atoms with Gasteiger partial charge < -0.3 is 10.2 Å². The molecule has 0 spiro atoms. The molecule has 2 aliphatic rings. The maximum Gasteiger partial charge on any atom is 0.145 e. The minimum atomic E-state index is -0.733. The van der Waals surface area contributed by atoms with Crippen LogP contribution in [0.25, 0.3) is 0 Å². The summed E-state index contributed by atoms with van der Waals surface area (Å²) in [6.45, 7) is 11.7. The average Bonchev–Trinajstić information content (AvgIpc) is 2.78. The molecule has 4 nitrogen and oxygen atoms in total. The van der Waals surface area contributed by atoms with E-state index in [9.17, 15) is 19.8 Å². The number of unbranched alkanes of at least 4 members (excludes halogenated alkanes) is 1. The third-order valence-electron chi connectivity index (χ3n) is 7.88. The molecule has 0 aliphatic heterocycles. The van der Waals surface area contributed by atoms with E-state index in [1.54, 1.807) is 0 Å². The lowest BCUT2D eigenvalue weighted by Gasteiger charge is -2.39. The molecular weight excluding hydrogens is 424 g/mol. The summed E-state index contributed by atoms with van der Waals surface area (Å²) in [6.07, 6.45) is 13.7. The Morgan fingerprint density at radius 3 is 1.44 bits per heavy atom. The maximum absolute atomic E-state index is 12.9. The lowest BCUT2D eigenvalue weighted by Crippen LogP contribution is -2.43. The van der Waals surface area contributed by atoms with Gasteiger partial charge in [-0.2, -0.15) is 0 Å². The number of ketones is 2. The van der Waals surface area contributed by atoms with Crippen molar-refractivity contribution in [3.05, 3.63) is 46.6 Å². The molecule has 2 saturated carbocycles. The third-order valence-corrected chi connectivity index (χ3v) is 7.88. The number of carbonyl (C=O) groups is 2. The predicted octanol–water partition coefficient (Wildman–Crippen LogP) is 6.57. The topological polar surface area (TPSA) is 74.6 Å². The Hall–Kier alpha value is -1.78. The van der Waals surface area contributed by atoms with Crippen molar-refractivity contribution in [1.29, 1.82) is 0 Å². The van der Waals surface area contributed by atoms with E-state index in [0.717, 1.165) is 73.7 Å². The van der Waals surface area contributed by atoms with E-state index in [0.29, 0.717) is 12.8 Å². The zero-order valence-electron chi connectivity index (χ0n) is 22.2. The second kappa shape index (κ2) is 12.3. The summed E-state index contributed by atoms with van der Waals surface area (Å²) in [5, 5.41) is 22.1. The van der Waals surface area contributed by atoms with Gasteiger partial charge in [-0.15, -0.1) is 0 Å². The van der Waals surface area contributed by atoms with Crippen molar-refractivity contribution < 1.29 is 19.8 Å². The van der Waals surface area contributed by atoms with Crippen LogP contribution in [0.15, 0.2) is 46.6 Å². The number of Topliss-reactive ketones (excluding diaryl/α,β-unsaturated/α-hetero) is 2. The van der Waals surface area contributed by atoms with E-state index in [1.165, 1.54) is 0 Å². The second-order valence-electron chi connectivity index (χ2n) is 11.3. The molecular formula is C30H46O4.